The van der Waals surface area contributed by atoms with Crippen LogP contribution in [-0.2, 0) is 18.9 Å². The fourth-order valence-electron chi connectivity index (χ4n) is 12.9. The Kier molecular flexibility index (Phi) is 12.3. The van der Waals surface area contributed by atoms with E-state index in [0.29, 0.717) is 18.3 Å². The van der Waals surface area contributed by atoms with Crippen LogP contribution in [0.25, 0.3) is 0 Å². The van der Waals surface area contributed by atoms with E-state index in [4.69, 9.17) is 18.9 Å². The lowest BCUT2D eigenvalue weighted by atomic mass is 9.35. The van der Waals surface area contributed by atoms with Crippen LogP contribution in [0.3, 0.4) is 0 Å². The fraction of sp³-hybridized carbons (Fsp3) is 0.905. The predicted octanol–water partition coefficient (Wildman–Crippen LogP) is 2.95. The Morgan fingerprint density at radius 2 is 1.28 bits per heavy atom. The SMILES string of the molecule is CC(C)=CCC=C(C)[C@H]1CC[C@]2(C)[C@@H]1[C@H](O)C[C@@H]1[C@@]3(C)CC[C@@H](O[C@H]4O[C@H](CO)[C@@H](O)[C@H](O)[C@H]4O[C@H]4O[C@H](CO)[C@@H](O)[C@H](O)[C@H]4O)C(C)(C)[C@@H]3CC[C@]12C. The van der Waals surface area contributed by atoms with E-state index in [1.807, 2.05) is 0 Å². The third-order valence-corrected chi connectivity index (χ3v) is 16.1. The summed E-state index contributed by atoms with van der Waals surface area (Å²) in [5.41, 5.74) is 2.29. The zero-order valence-corrected chi connectivity index (χ0v) is 33.7. The van der Waals surface area contributed by atoms with E-state index >= 15 is 0 Å². The number of aliphatic hydroxyl groups is 8. The van der Waals surface area contributed by atoms with E-state index in [1.165, 1.54) is 11.1 Å². The monoisotopic (exact) mass is 766 g/mol. The second kappa shape index (κ2) is 15.6. The highest BCUT2D eigenvalue weighted by atomic mass is 16.8. The molecule has 6 aliphatic rings. The molecule has 12 nitrogen and oxygen atoms in total. The summed E-state index contributed by atoms with van der Waals surface area (Å²) in [6, 6.07) is 0. The number of aliphatic hydroxyl groups excluding tert-OH is 8. The fourth-order valence-corrected chi connectivity index (χ4v) is 12.9. The van der Waals surface area contributed by atoms with Crippen LogP contribution in [0.15, 0.2) is 23.3 Å². The summed E-state index contributed by atoms with van der Waals surface area (Å²) in [7, 11) is 0. The van der Waals surface area contributed by atoms with Crippen LogP contribution < -0.4 is 0 Å². The van der Waals surface area contributed by atoms with Crippen LogP contribution >= 0.6 is 0 Å². The maximum atomic E-state index is 12.1. The number of ether oxygens (including phenoxy) is 4. The molecule has 0 unspecified atom stereocenters. The molecule has 0 amide bonds. The van der Waals surface area contributed by atoms with Crippen molar-refractivity contribution in [3.8, 4) is 0 Å². The van der Waals surface area contributed by atoms with Gasteiger partial charge in [0.05, 0.1) is 25.4 Å². The maximum Gasteiger partial charge on any atom is 0.187 e. The van der Waals surface area contributed by atoms with Crippen molar-refractivity contribution in [3.63, 3.8) is 0 Å². The second-order valence-corrected chi connectivity index (χ2v) is 19.4. The third-order valence-electron chi connectivity index (χ3n) is 16.1. The molecular formula is C42H70O12. The van der Waals surface area contributed by atoms with Gasteiger partial charge in [0.2, 0.25) is 0 Å². The summed E-state index contributed by atoms with van der Waals surface area (Å²) >= 11 is 0. The third kappa shape index (κ3) is 6.89. The van der Waals surface area contributed by atoms with Crippen LogP contribution in [0, 0.1) is 45.3 Å². The van der Waals surface area contributed by atoms with E-state index in [1.54, 1.807) is 0 Å². The quantitative estimate of drug-likeness (QED) is 0.126. The van der Waals surface area contributed by atoms with Crippen molar-refractivity contribution >= 4 is 0 Å². The molecule has 19 atom stereocenters. The van der Waals surface area contributed by atoms with E-state index < -0.39 is 80.0 Å². The summed E-state index contributed by atoms with van der Waals surface area (Å²) in [6.45, 7) is 17.1. The minimum atomic E-state index is -1.74. The molecule has 0 aromatic rings. The van der Waals surface area contributed by atoms with Gasteiger partial charge in [0.15, 0.2) is 12.6 Å². The Balaban J connectivity index is 1.23. The van der Waals surface area contributed by atoms with E-state index in [9.17, 15) is 40.9 Å². The topological polar surface area (TPSA) is 199 Å². The lowest BCUT2D eigenvalue weighted by Gasteiger charge is -2.70. The van der Waals surface area contributed by atoms with E-state index in [0.717, 1.165) is 44.9 Å². The number of allylic oxidation sites excluding steroid dienone is 4. The average Bonchev–Trinajstić information content (AvgIpc) is 3.49. The molecule has 6 fully saturated rings. The Morgan fingerprint density at radius 1 is 0.667 bits per heavy atom. The van der Waals surface area contributed by atoms with E-state index in [2.05, 4.69) is 67.5 Å². The molecule has 0 aromatic carbocycles. The predicted molar refractivity (Wildman–Crippen MR) is 199 cm³/mol. The first-order chi connectivity index (χ1) is 25.3. The Labute approximate surface area is 321 Å². The highest BCUT2D eigenvalue weighted by Gasteiger charge is 2.70. The molecule has 0 spiro atoms. The Hall–Kier alpha value is -1.00. The van der Waals surface area contributed by atoms with Gasteiger partial charge in [-0.1, -0.05) is 57.9 Å². The standard InChI is InChI=1S/C42H70O12/c1-21(2)10-9-11-22(3)23-12-16-42(8)30(23)24(45)18-28-40(6)15-14-29(39(4,5)27(40)13-17-41(28,42)7)53-38-36(34(49)32(47)26(20-44)52-38)54-37-35(50)33(48)31(46)25(19-43)51-37/h10-11,23-38,43-50H,9,12-20H2,1-8H3/t23-,24-,25-,26-,27+,28-,29-,30+,31-,32-,33+,34+,35-,36-,37-,38-,40+,41-,42-/m1/s1. The summed E-state index contributed by atoms with van der Waals surface area (Å²) in [5.74, 6) is 1.14. The molecule has 12 heteroatoms. The Bertz CT molecular complexity index is 1380. The number of hydrogen-bond acceptors (Lipinski definition) is 12. The zero-order valence-electron chi connectivity index (χ0n) is 33.7. The minimum Gasteiger partial charge on any atom is -0.394 e. The second-order valence-electron chi connectivity index (χ2n) is 19.4. The van der Waals surface area contributed by atoms with Gasteiger partial charge in [0.25, 0.3) is 0 Å². The normalized spacial score (nSPS) is 51.9. The van der Waals surface area contributed by atoms with Crippen LogP contribution in [0.4, 0.5) is 0 Å². The smallest absolute Gasteiger partial charge is 0.187 e. The maximum absolute atomic E-state index is 12.1. The lowest BCUT2D eigenvalue weighted by molar-refractivity contribution is -0.378. The number of fused-ring (bicyclic) bond motifs is 5. The highest BCUT2D eigenvalue weighted by Crippen LogP contribution is 2.75. The van der Waals surface area contributed by atoms with Gasteiger partial charge in [-0.2, -0.15) is 0 Å². The van der Waals surface area contributed by atoms with Crippen LogP contribution in [0.5, 0.6) is 0 Å². The molecule has 4 aliphatic carbocycles. The van der Waals surface area contributed by atoms with Gasteiger partial charge >= 0.3 is 0 Å². The van der Waals surface area contributed by atoms with Crippen LogP contribution in [-0.4, -0.2) is 128 Å². The summed E-state index contributed by atoms with van der Waals surface area (Å²) in [6.07, 6.45) is -3.65. The summed E-state index contributed by atoms with van der Waals surface area (Å²) in [4.78, 5) is 0. The van der Waals surface area contributed by atoms with Gasteiger partial charge in [-0.25, -0.2) is 0 Å². The first-order valence-corrected chi connectivity index (χ1v) is 20.5. The average molecular weight is 767 g/mol. The largest absolute Gasteiger partial charge is 0.394 e. The van der Waals surface area contributed by atoms with Gasteiger partial charge in [0.1, 0.15) is 48.8 Å². The van der Waals surface area contributed by atoms with Gasteiger partial charge < -0.3 is 59.8 Å². The summed E-state index contributed by atoms with van der Waals surface area (Å²) in [5, 5.41) is 85.4. The van der Waals surface area contributed by atoms with Crippen molar-refractivity contribution in [2.45, 2.75) is 180 Å². The molecule has 8 N–H and O–H groups in total. The van der Waals surface area contributed by atoms with Gasteiger partial charge in [-0.15, -0.1) is 0 Å². The van der Waals surface area contributed by atoms with Crippen LogP contribution in [0.1, 0.15) is 107 Å². The van der Waals surface area contributed by atoms with Gasteiger partial charge in [-0.05, 0) is 117 Å². The molecule has 2 heterocycles. The first-order valence-electron chi connectivity index (χ1n) is 20.5. The van der Waals surface area contributed by atoms with Crippen molar-refractivity contribution in [1.29, 1.82) is 0 Å². The molecule has 0 bridgehead atoms. The van der Waals surface area contributed by atoms with Gasteiger partial charge in [0, 0.05) is 0 Å². The highest BCUT2D eigenvalue weighted by molar-refractivity contribution is 5.23. The van der Waals surface area contributed by atoms with Crippen molar-refractivity contribution in [2.24, 2.45) is 45.3 Å². The van der Waals surface area contributed by atoms with Crippen molar-refractivity contribution in [1.82, 2.24) is 0 Å². The Morgan fingerprint density at radius 3 is 1.91 bits per heavy atom. The lowest BCUT2D eigenvalue weighted by Crippen LogP contribution is -2.67. The first kappa shape index (κ1) is 42.6. The molecule has 0 radical (unpaired) electrons. The molecule has 2 saturated heterocycles. The molecule has 4 saturated carbocycles. The molecule has 54 heavy (non-hydrogen) atoms. The van der Waals surface area contributed by atoms with Crippen molar-refractivity contribution in [3.05, 3.63) is 23.3 Å². The van der Waals surface area contributed by atoms with Gasteiger partial charge in [-0.3, -0.25) is 0 Å². The van der Waals surface area contributed by atoms with E-state index in [-0.39, 0.29) is 40.3 Å². The van der Waals surface area contributed by atoms with Crippen molar-refractivity contribution < 1.29 is 59.8 Å². The zero-order chi connectivity index (χ0) is 39.7. The van der Waals surface area contributed by atoms with Crippen molar-refractivity contribution in [2.75, 3.05) is 13.2 Å². The minimum absolute atomic E-state index is 0.00171. The molecule has 2 aliphatic heterocycles. The number of hydrogen-bond donors (Lipinski definition) is 8. The molecule has 0 aromatic heterocycles. The number of rotatable bonds is 9. The molecule has 6 rings (SSSR count). The molecule has 310 valence electrons. The van der Waals surface area contributed by atoms with Crippen LogP contribution in [0.2, 0.25) is 0 Å². The molecular weight excluding hydrogens is 696 g/mol. The summed E-state index contributed by atoms with van der Waals surface area (Å²) < 4.78 is 24.4.